The van der Waals surface area contributed by atoms with Gasteiger partial charge in [0.2, 0.25) is 0 Å². The smallest absolute Gasteiger partial charge is 0.256 e. The van der Waals surface area contributed by atoms with Crippen molar-refractivity contribution in [3.05, 3.63) is 94.6 Å². The molecule has 10 nitrogen and oxygen atoms in total. The Labute approximate surface area is 219 Å². The number of aromatic nitrogens is 4. The summed E-state index contributed by atoms with van der Waals surface area (Å²) in [5.74, 6) is -0.730. The maximum absolute atomic E-state index is 13.1. The minimum absolute atomic E-state index is 0.134. The van der Waals surface area contributed by atoms with Gasteiger partial charge < -0.3 is 15.6 Å². The number of amides is 2. The summed E-state index contributed by atoms with van der Waals surface area (Å²) in [6.45, 7) is 4.45. The van der Waals surface area contributed by atoms with Crippen LogP contribution in [0.5, 0.6) is 0 Å². The maximum Gasteiger partial charge on any atom is 0.256 e. The molecule has 0 spiro atoms. The van der Waals surface area contributed by atoms with Gasteiger partial charge in [0.15, 0.2) is 9.84 Å². The van der Waals surface area contributed by atoms with E-state index in [0.717, 1.165) is 0 Å². The van der Waals surface area contributed by atoms with Crippen molar-refractivity contribution < 1.29 is 18.0 Å². The van der Waals surface area contributed by atoms with E-state index >= 15 is 0 Å². The topological polar surface area (TPSA) is 139 Å². The summed E-state index contributed by atoms with van der Waals surface area (Å²) in [6, 6.07) is 13.6. The predicted molar refractivity (Wildman–Crippen MR) is 143 cm³/mol. The Morgan fingerprint density at radius 3 is 2.66 bits per heavy atom. The molecule has 0 radical (unpaired) electrons. The summed E-state index contributed by atoms with van der Waals surface area (Å²) < 4.78 is 27.8. The third-order valence-corrected chi connectivity index (χ3v) is 8.11. The zero-order valence-electron chi connectivity index (χ0n) is 20.9. The highest BCUT2D eigenvalue weighted by atomic mass is 32.2. The van der Waals surface area contributed by atoms with Gasteiger partial charge in [-0.2, -0.15) is 0 Å². The van der Waals surface area contributed by atoms with E-state index in [1.165, 1.54) is 12.1 Å². The number of fused-ring (bicyclic) bond motifs is 1. The van der Waals surface area contributed by atoms with E-state index in [-0.39, 0.29) is 22.5 Å². The van der Waals surface area contributed by atoms with Crippen molar-refractivity contribution in [2.45, 2.75) is 31.0 Å². The summed E-state index contributed by atoms with van der Waals surface area (Å²) in [6.07, 6.45) is 4.94. The molecule has 3 heterocycles. The first-order chi connectivity index (χ1) is 18.2. The van der Waals surface area contributed by atoms with Crippen LogP contribution in [0.15, 0.2) is 65.8 Å². The van der Waals surface area contributed by atoms with Crippen LogP contribution in [0, 0.1) is 13.8 Å². The second-order valence-electron chi connectivity index (χ2n) is 9.05. The first-order valence-electron chi connectivity index (χ1n) is 12.0. The number of rotatable bonds is 8. The predicted octanol–water partition coefficient (Wildman–Crippen LogP) is 3.12. The molecule has 1 aliphatic heterocycles. The monoisotopic (exact) mass is 530 g/mol. The lowest BCUT2D eigenvalue weighted by atomic mass is 10.0. The normalized spacial score (nSPS) is 13.9. The Hall–Kier alpha value is -4.51. The summed E-state index contributed by atoms with van der Waals surface area (Å²) in [7, 11) is -3.63. The third-order valence-electron chi connectivity index (χ3n) is 6.42. The molecule has 1 aliphatic rings. The summed E-state index contributed by atoms with van der Waals surface area (Å²) >= 11 is 0. The van der Waals surface area contributed by atoms with Gasteiger partial charge >= 0.3 is 0 Å². The number of H-pyrrole nitrogens is 1. The molecule has 2 aromatic carbocycles. The van der Waals surface area contributed by atoms with E-state index in [0.29, 0.717) is 58.0 Å². The lowest BCUT2D eigenvalue weighted by molar-refractivity contribution is -0.110. The highest BCUT2D eigenvalue weighted by Gasteiger charge is 2.28. The van der Waals surface area contributed by atoms with Crippen LogP contribution < -0.4 is 10.6 Å². The molecular formula is C27H26N6O4S. The second-order valence-corrected chi connectivity index (χ2v) is 11.0. The van der Waals surface area contributed by atoms with E-state index in [9.17, 15) is 18.0 Å². The molecule has 194 valence electrons. The fourth-order valence-electron chi connectivity index (χ4n) is 4.51. The fourth-order valence-corrected chi connectivity index (χ4v) is 5.88. The molecule has 0 aliphatic carbocycles. The molecule has 0 unspecified atom stereocenters. The van der Waals surface area contributed by atoms with E-state index in [2.05, 4.69) is 25.9 Å². The van der Waals surface area contributed by atoms with E-state index in [1.54, 1.807) is 67.3 Å². The summed E-state index contributed by atoms with van der Waals surface area (Å²) in [5.41, 5.74) is 4.46. The molecule has 0 fully saturated rings. The van der Waals surface area contributed by atoms with Crippen molar-refractivity contribution in [2.24, 2.45) is 0 Å². The maximum atomic E-state index is 13.1. The average Bonchev–Trinajstić information content (AvgIpc) is 3.58. The molecule has 0 saturated heterocycles. The number of nitrogens with one attached hydrogen (secondary N) is 3. The van der Waals surface area contributed by atoms with Crippen LogP contribution in [0.25, 0.3) is 11.6 Å². The van der Waals surface area contributed by atoms with Crippen LogP contribution in [0.1, 0.15) is 38.4 Å². The zero-order chi connectivity index (χ0) is 26.9. The molecule has 2 amide bonds. The number of aryl methyl sites for hydroxylation is 1. The Morgan fingerprint density at radius 2 is 1.92 bits per heavy atom. The van der Waals surface area contributed by atoms with Crippen molar-refractivity contribution in [1.29, 1.82) is 0 Å². The number of anilines is 1. The van der Waals surface area contributed by atoms with E-state index in [1.807, 2.05) is 6.07 Å². The summed E-state index contributed by atoms with van der Waals surface area (Å²) in [4.78, 5) is 29.1. The Morgan fingerprint density at radius 1 is 1.13 bits per heavy atom. The molecule has 5 rings (SSSR count). The molecule has 3 N–H and O–H groups in total. The number of aromatic amines is 1. The quantitative estimate of drug-likeness (QED) is 0.299. The highest BCUT2D eigenvalue weighted by molar-refractivity contribution is 7.90. The van der Waals surface area contributed by atoms with Gasteiger partial charge in [0.05, 0.1) is 34.5 Å². The SMILES string of the molecule is Cc1[nH]c(/C=C2\C(=O)Nc3ccc(S(=O)(=O)Cc4ccccc4)cc32)c(C)c1C(=O)NCCn1ccnn1. The molecule has 0 bridgehead atoms. The molecule has 38 heavy (non-hydrogen) atoms. The van der Waals surface area contributed by atoms with Crippen molar-refractivity contribution >= 4 is 39.0 Å². The standard InChI is InChI=1S/C27H26N6O4S/c1-17-24(30-18(2)25(17)27(35)28-10-12-33-13-11-29-32-33)15-22-21-14-20(8-9-23(21)31-26(22)34)38(36,37)16-19-6-4-3-5-7-19/h3-9,11,13-15,30H,10,12,16H2,1-2H3,(H,28,35)(H,31,34)/b22-15-. The van der Waals surface area contributed by atoms with Crippen molar-refractivity contribution in [1.82, 2.24) is 25.3 Å². The van der Waals surface area contributed by atoms with Gasteiger partial charge in [-0.15, -0.1) is 5.10 Å². The Kier molecular flexibility index (Phi) is 6.68. The van der Waals surface area contributed by atoms with Crippen LogP contribution >= 0.6 is 0 Å². The largest absolute Gasteiger partial charge is 0.358 e. The number of carbonyl (C=O) groups excluding carboxylic acids is 2. The Bertz CT molecular complexity index is 1650. The lowest BCUT2D eigenvalue weighted by Crippen LogP contribution is -2.28. The molecule has 4 aromatic rings. The number of benzene rings is 2. The molecule has 2 aromatic heterocycles. The number of carbonyl (C=O) groups is 2. The van der Waals surface area contributed by atoms with Crippen LogP contribution in [-0.4, -0.2) is 46.8 Å². The first-order valence-corrected chi connectivity index (χ1v) is 13.6. The van der Waals surface area contributed by atoms with Gasteiger partial charge in [0.25, 0.3) is 11.8 Å². The van der Waals surface area contributed by atoms with Gasteiger partial charge in [-0.05, 0) is 49.2 Å². The molecule has 11 heteroatoms. The van der Waals surface area contributed by atoms with Crippen molar-refractivity contribution in [2.75, 3.05) is 11.9 Å². The second kappa shape index (κ2) is 10.1. The Balaban J connectivity index is 1.41. The van der Waals surface area contributed by atoms with Crippen molar-refractivity contribution in [3.8, 4) is 0 Å². The van der Waals surface area contributed by atoms with Crippen LogP contribution in [0.4, 0.5) is 5.69 Å². The number of hydrogen-bond acceptors (Lipinski definition) is 6. The lowest BCUT2D eigenvalue weighted by Gasteiger charge is -2.07. The van der Waals surface area contributed by atoms with Crippen LogP contribution in [-0.2, 0) is 26.9 Å². The van der Waals surface area contributed by atoms with Crippen LogP contribution in [0.2, 0.25) is 0 Å². The first kappa shape index (κ1) is 25.2. The number of sulfone groups is 1. The highest BCUT2D eigenvalue weighted by Crippen LogP contribution is 2.36. The van der Waals surface area contributed by atoms with E-state index < -0.39 is 9.84 Å². The molecular weight excluding hydrogens is 504 g/mol. The van der Waals surface area contributed by atoms with Gasteiger partial charge in [0.1, 0.15) is 0 Å². The van der Waals surface area contributed by atoms with Gasteiger partial charge in [-0.25, -0.2) is 8.42 Å². The zero-order valence-corrected chi connectivity index (χ0v) is 21.7. The van der Waals surface area contributed by atoms with Crippen molar-refractivity contribution in [3.63, 3.8) is 0 Å². The minimum Gasteiger partial charge on any atom is -0.358 e. The van der Waals surface area contributed by atoms with Gasteiger partial charge in [0, 0.05) is 35.4 Å². The average molecular weight is 531 g/mol. The third kappa shape index (κ3) is 5.00. The summed E-state index contributed by atoms with van der Waals surface area (Å²) in [5, 5.41) is 13.3. The molecule has 0 saturated carbocycles. The number of hydrogen-bond donors (Lipinski definition) is 3. The van der Waals surface area contributed by atoms with Crippen LogP contribution in [0.3, 0.4) is 0 Å². The number of nitrogens with zero attached hydrogens (tertiary/aromatic N) is 3. The van der Waals surface area contributed by atoms with E-state index in [4.69, 9.17) is 0 Å². The molecule has 0 atom stereocenters. The minimum atomic E-state index is -3.63. The van der Waals surface area contributed by atoms with Gasteiger partial charge in [-0.3, -0.25) is 14.3 Å². The fraction of sp³-hybridized carbons (Fsp3) is 0.185. The van der Waals surface area contributed by atoms with Gasteiger partial charge in [-0.1, -0.05) is 35.5 Å².